The lowest BCUT2D eigenvalue weighted by atomic mass is 9.88. The molecule has 1 amide bonds. The molecule has 1 aliphatic rings. The molecule has 0 spiro atoms. The van der Waals surface area contributed by atoms with Gasteiger partial charge in [-0.25, -0.2) is 22.9 Å². The Balaban J connectivity index is 1.52. The molecule has 3 aromatic rings. The molecule has 1 fully saturated rings. The number of anilines is 2. The topological polar surface area (TPSA) is 163 Å². The lowest BCUT2D eigenvalue weighted by molar-refractivity contribution is 0.0787. The summed E-state index contributed by atoms with van der Waals surface area (Å²) < 4.78 is 41.9. The van der Waals surface area contributed by atoms with Crippen LogP contribution in [0.3, 0.4) is 0 Å². The van der Waals surface area contributed by atoms with E-state index in [2.05, 4.69) is 44.9 Å². The molecular weight excluding hydrogens is 583 g/mol. The number of primary amides is 1. The van der Waals surface area contributed by atoms with Crippen LogP contribution in [-0.2, 0) is 26.2 Å². The highest BCUT2D eigenvalue weighted by atomic mass is 32.2. The van der Waals surface area contributed by atoms with Crippen molar-refractivity contribution in [3.63, 3.8) is 0 Å². The number of benzene rings is 1. The summed E-state index contributed by atoms with van der Waals surface area (Å²) in [7, 11) is -5.01. The molecule has 0 radical (unpaired) electrons. The van der Waals surface area contributed by atoms with Crippen LogP contribution >= 0.6 is 11.3 Å². The minimum Gasteiger partial charge on any atom is -0.446 e. The molecule has 2 aromatic heterocycles. The summed E-state index contributed by atoms with van der Waals surface area (Å²) in [5, 5.41) is 12.3. The van der Waals surface area contributed by atoms with E-state index in [0.29, 0.717) is 30.5 Å². The van der Waals surface area contributed by atoms with Crippen molar-refractivity contribution < 1.29 is 22.7 Å². The van der Waals surface area contributed by atoms with Crippen LogP contribution in [0, 0.1) is 0 Å². The summed E-state index contributed by atoms with van der Waals surface area (Å²) in [6.45, 7) is 9.85. The van der Waals surface area contributed by atoms with Gasteiger partial charge in [-0.15, -0.1) is 21.5 Å². The number of aromatic nitrogens is 4. The van der Waals surface area contributed by atoms with E-state index in [0.717, 1.165) is 41.6 Å². The molecule has 4 rings (SSSR count). The van der Waals surface area contributed by atoms with Crippen molar-refractivity contribution in [2.45, 2.75) is 81.9 Å². The van der Waals surface area contributed by atoms with E-state index in [1.807, 2.05) is 6.07 Å². The molecule has 0 atom stereocenters. The smallest absolute Gasteiger partial charge is 0.404 e. The highest BCUT2D eigenvalue weighted by Gasteiger charge is 2.27. The van der Waals surface area contributed by atoms with Crippen LogP contribution in [0.5, 0.6) is 0 Å². The van der Waals surface area contributed by atoms with Crippen LogP contribution in [0.15, 0.2) is 35.6 Å². The summed E-state index contributed by atoms with van der Waals surface area (Å²) in [5.74, 6) is 0.670. The van der Waals surface area contributed by atoms with Crippen LogP contribution in [-0.4, -0.2) is 61.6 Å². The Morgan fingerprint density at radius 1 is 1.22 bits per heavy atom. The number of sulfonamides is 1. The normalized spacial score (nSPS) is 17.9. The lowest BCUT2D eigenvalue weighted by Crippen LogP contribution is -2.26. The first-order valence-electron chi connectivity index (χ1n) is 13.7. The molecule has 0 unspecified atom stereocenters. The molecule has 2 heterocycles. The van der Waals surface area contributed by atoms with Crippen molar-refractivity contribution in [2.75, 3.05) is 18.5 Å². The molecule has 0 saturated heterocycles. The largest absolute Gasteiger partial charge is 0.446 e. The average molecular weight is 622 g/mol. The third kappa shape index (κ3) is 8.58. The van der Waals surface area contributed by atoms with Gasteiger partial charge in [-0.2, -0.15) is 0 Å². The Labute approximate surface area is 246 Å². The number of thiazole rings is 1. The van der Waals surface area contributed by atoms with Crippen LogP contribution in [0.25, 0.3) is 10.4 Å². The average Bonchev–Trinajstić information content (AvgIpc) is 3.56. The Kier molecular flexibility index (Phi) is 10.2. The first-order valence-corrected chi connectivity index (χ1v) is 19.7. The van der Waals surface area contributed by atoms with Gasteiger partial charge in [0.05, 0.1) is 14.8 Å². The van der Waals surface area contributed by atoms with Gasteiger partial charge in [0, 0.05) is 44.6 Å². The van der Waals surface area contributed by atoms with E-state index in [1.54, 1.807) is 36.1 Å². The van der Waals surface area contributed by atoms with E-state index in [9.17, 15) is 13.2 Å². The summed E-state index contributed by atoms with van der Waals surface area (Å²) in [5.41, 5.74) is 6.28. The Hall–Kier alpha value is -2.85. The SMILES string of the molecule is CCNS(=O)(=O)c1cc(Nc2nncn2COCC[Si](C)(C)C)ccc1-c1cnc(C2CCC(OC(N)=O)CC2)s1. The van der Waals surface area contributed by atoms with Gasteiger partial charge in [-0.1, -0.05) is 32.6 Å². The number of ether oxygens (including phenoxy) is 2. The fourth-order valence-corrected chi connectivity index (χ4v) is 7.84. The Bertz CT molecular complexity index is 1430. The predicted molar refractivity (Wildman–Crippen MR) is 161 cm³/mol. The van der Waals surface area contributed by atoms with Crippen LogP contribution < -0.4 is 15.8 Å². The monoisotopic (exact) mass is 621 g/mol. The maximum absolute atomic E-state index is 13.3. The molecule has 15 heteroatoms. The van der Waals surface area contributed by atoms with Crippen molar-refractivity contribution >= 4 is 47.2 Å². The van der Waals surface area contributed by atoms with Crippen LogP contribution in [0.4, 0.5) is 16.4 Å². The first kappa shape index (κ1) is 31.1. The molecule has 1 saturated carbocycles. The molecule has 0 bridgehead atoms. The molecule has 0 aliphatic heterocycles. The van der Waals surface area contributed by atoms with Gasteiger partial charge in [0.2, 0.25) is 16.0 Å². The quantitative estimate of drug-likeness (QED) is 0.178. The molecule has 1 aliphatic carbocycles. The fraction of sp³-hybridized carbons (Fsp3) is 0.538. The van der Waals surface area contributed by atoms with E-state index >= 15 is 0 Å². The summed E-state index contributed by atoms with van der Waals surface area (Å²) in [6, 6.07) is 6.25. The first-order chi connectivity index (χ1) is 19.4. The number of hydrogen-bond donors (Lipinski definition) is 3. The van der Waals surface area contributed by atoms with Crippen molar-refractivity contribution in [1.29, 1.82) is 0 Å². The summed E-state index contributed by atoms with van der Waals surface area (Å²) in [4.78, 5) is 16.6. The van der Waals surface area contributed by atoms with E-state index in [-0.39, 0.29) is 23.5 Å². The lowest BCUT2D eigenvalue weighted by Gasteiger charge is -2.26. The van der Waals surface area contributed by atoms with Gasteiger partial charge < -0.3 is 20.5 Å². The number of amides is 1. The molecular formula is C26H39N7O5S2Si. The van der Waals surface area contributed by atoms with E-state index < -0.39 is 24.2 Å². The molecule has 224 valence electrons. The van der Waals surface area contributed by atoms with Crippen LogP contribution in [0.2, 0.25) is 25.7 Å². The van der Waals surface area contributed by atoms with E-state index in [1.165, 1.54) is 11.3 Å². The van der Waals surface area contributed by atoms with Crippen molar-refractivity contribution in [3.05, 3.63) is 35.7 Å². The number of nitrogens with one attached hydrogen (secondary N) is 2. The number of nitrogens with zero attached hydrogens (tertiary/aromatic N) is 4. The second-order valence-electron chi connectivity index (χ2n) is 11.3. The van der Waals surface area contributed by atoms with Gasteiger partial charge in [0.15, 0.2) is 0 Å². The second-order valence-corrected chi connectivity index (χ2v) is 19.7. The number of hydrogen-bond acceptors (Lipinski definition) is 10. The maximum atomic E-state index is 13.3. The summed E-state index contributed by atoms with van der Waals surface area (Å²) in [6.07, 6.45) is 5.47. The van der Waals surface area contributed by atoms with Crippen LogP contribution in [0.1, 0.15) is 43.5 Å². The van der Waals surface area contributed by atoms with E-state index in [4.69, 9.17) is 15.2 Å². The van der Waals surface area contributed by atoms with Crippen molar-refractivity contribution in [2.24, 2.45) is 5.73 Å². The standard InChI is InChI=1S/C26H39N7O5S2Si/c1-5-30-40(35,36)23-14-19(31-26-32-29-16-33(26)17-37-12-13-41(2,3)4)8-11-21(23)22-15-28-24(39-22)18-6-9-20(10-7-18)38-25(27)34/h8,11,14-16,18,20,30H,5-7,9-10,12-13,17H2,1-4H3,(H2,27,34)(H,31,32). The number of rotatable bonds is 13. The Morgan fingerprint density at radius 2 is 1.98 bits per heavy atom. The zero-order valence-corrected chi connectivity index (χ0v) is 26.6. The third-order valence-corrected chi connectivity index (χ3v) is 11.3. The van der Waals surface area contributed by atoms with Gasteiger partial charge in [0.25, 0.3) is 0 Å². The fourth-order valence-electron chi connectivity index (χ4n) is 4.60. The molecule has 12 nitrogen and oxygen atoms in total. The zero-order chi connectivity index (χ0) is 29.6. The maximum Gasteiger partial charge on any atom is 0.404 e. The number of nitrogens with two attached hydrogens (primary N) is 1. The van der Waals surface area contributed by atoms with Gasteiger partial charge in [-0.05, 0) is 43.9 Å². The molecule has 4 N–H and O–H groups in total. The highest BCUT2D eigenvalue weighted by Crippen LogP contribution is 2.40. The zero-order valence-electron chi connectivity index (χ0n) is 23.9. The number of carbonyl (C=O) groups excluding carboxylic acids is 1. The Morgan fingerprint density at radius 3 is 2.66 bits per heavy atom. The highest BCUT2D eigenvalue weighted by molar-refractivity contribution is 7.89. The second kappa shape index (κ2) is 13.4. The molecule has 1 aromatic carbocycles. The third-order valence-electron chi connectivity index (χ3n) is 6.80. The number of carbonyl (C=O) groups is 1. The predicted octanol–water partition coefficient (Wildman–Crippen LogP) is 4.88. The van der Waals surface area contributed by atoms with Gasteiger partial charge >= 0.3 is 6.09 Å². The minimum atomic E-state index is -3.80. The van der Waals surface area contributed by atoms with Crippen molar-refractivity contribution in [3.8, 4) is 10.4 Å². The van der Waals surface area contributed by atoms with Gasteiger partial charge in [0.1, 0.15) is 19.2 Å². The summed E-state index contributed by atoms with van der Waals surface area (Å²) >= 11 is 1.49. The molecule has 41 heavy (non-hydrogen) atoms. The van der Waals surface area contributed by atoms with Crippen molar-refractivity contribution in [1.82, 2.24) is 24.5 Å². The van der Waals surface area contributed by atoms with Gasteiger partial charge in [-0.3, -0.25) is 4.57 Å². The minimum absolute atomic E-state index is 0.149.